The van der Waals surface area contributed by atoms with Crippen LogP contribution in [0.3, 0.4) is 0 Å². The van der Waals surface area contributed by atoms with Crippen molar-refractivity contribution in [2.45, 2.75) is 19.9 Å². The third-order valence-corrected chi connectivity index (χ3v) is 7.33. The number of esters is 1. The summed E-state index contributed by atoms with van der Waals surface area (Å²) in [6.45, 7) is 3.58. The van der Waals surface area contributed by atoms with Crippen molar-refractivity contribution in [1.29, 1.82) is 0 Å². The quantitative estimate of drug-likeness (QED) is 0.444. The first-order valence-electron chi connectivity index (χ1n) is 9.20. The van der Waals surface area contributed by atoms with Crippen LogP contribution in [-0.4, -0.2) is 17.1 Å². The molecule has 0 N–H and O–H groups in total. The van der Waals surface area contributed by atoms with Gasteiger partial charge in [-0.05, 0) is 69.5 Å². The van der Waals surface area contributed by atoms with Crippen molar-refractivity contribution in [1.82, 2.24) is 4.57 Å². The third kappa shape index (κ3) is 4.11. The SMILES string of the molecule is CCOC(=O)C1=C(C)N=c2s/c(=C/c3cc(Br)c(Br)o3)c(=O)n2[C@H]1c1ccc(F)cc1. The molecule has 0 amide bonds. The molecule has 0 fully saturated rings. The van der Waals surface area contributed by atoms with Crippen molar-refractivity contribution in [3.8, 4) is 0 Å². The van der Waals surface area contributed by atoms with Crippen LogP contribution in [-0.2, 0) is 9.53 Å². The van der Waals surface area contributed by atoms with Crippen LogP contribution in [0.5, 0.6) is 0 Å². The molecule has 0 saturated carbocycles. The van der Waals surface area contributed by atoms with Gasteiger partial charge in [-0.25, -0.2) is 14.2 Å². The molecular weight excluding hydrogens is 555 g/mol. The highest BCUT2D eigenvalue weighted by Gasteiger charge is 2.33. The average molecular weight is 570 g/mol. The molecule has 0 bridgehead atoms. The Morgan fingerprint density at radius 1 is 1.35 bits per heavy atom. The van der Waals surface area contributed by atoms with Crippen LogP contribution in [0.2, 0.25) is 0 Å². The number of nitrogens with zero attached hydrogens (tertiary/aromatic N) is 2. The van der Waals surface area contributed by atoms with E-state index in [0.29, 0.717) is 31.0 Å². The van der Waals surface area contributed by atoms with E-state index in [9.17, 15) is 14.0 Å². The summed E-state index contributed by atoms with van der Waals surface area (Å²) in [6, 6.07) is 6.64. The zero-order chi connectivity index (χ0) is 22.3. The van der Waals surface area contributed by atoms with Gasteiger partial charge in [-0.1, -0.05) is 23.5 Å². The molecule has 4 rings (SSSR count). The van der Waals surface area contributed by atoms with Gasteiger partial charge in [0.05, 0.1) is 32.9 Å². The molecule has 1 aliphatic heterocycles. The first kappa shape index (κ1) is 21.9. The molecule has 160 valence electrons. The standard InChI is InChI=1S/C21H15Br2FN2O4S/c1-3-29-20(28)16-10(2)25-21-26(17(16)11-4-6-12(24)7-5-11)19(27)15(31-21)9-13-8-14(22)18(23)30-13/h4-9,17H,3H2,1-2H3/b15-9+/t17-/m0/s1. The van der Waals surface area contributed by atoms with E-state index in [2.05, 4.69) is 36.9 Å². The Hall–Kier alpha value is -2.30. The monoisotopic (exact) mass is 568 g/mol. The first-order valence-corrected chi connectivity index (χ1v) is 11.6. The topological polar surface area (TPSA) is 73.8 Å². The molecule has 3 heterocycles. The maximum absolute atomic E-state index is 13.6. The van der Waals surface area contributed by atoms with Crippen LogP contribution < -0.4 is 14.9 Å². The Labute approximate surface area is 196 Å². The molecular formula is C21H15Br2FN2O4S. The molecule has 0 unspecified atom stereocenters. The lowest BCUT2D eigenvalue weighted by molar-refractivity contribution is -0.139. The van der Waals surface area contributed by atoms with Gasteiger partial charge in [0.2, 0.25) is 0 Å². The number of carbonyl (C=O) groups excluding carboxylic acids is 1. The normalized spacial score (nSPS) is 16.3. The highest BCUT2D eigenvalue weighted by molar-refractivity contribution is 9.13. The minimum Gasteiger partial charge on any atom is -0.463 e. The van der Waals surface area contributed by atoms with Crippen LogP contribution in [0.15, 0.2) is 64.9 Å². The molecule has 1 aliphatic rings. The van der Waals surface area contributed by atoms with Gasteiger partial charge in [0, 0.05) is 6.08 Å². The summed E-state index contributed by atoms with van der Waals surface area (Å²) >= 11 is 7.81. The van der Waals surface area contributed by atoms with Gasteiger partial charge in [-0.15, -0.1) is 0 Å². The van der Waals surface area contributed by atoms with E-state index < -0.39 is 17.8 Å². The highest BCUT2D eigenvalue weighted by atomic mass is 79.9. The van der Waals surface area contributed by atoms with E-state index in [1.54, 1.807) is 38.1 Å². The predicted octanol–water partition coefficient (Wildman–Crippen LogP) is 4.06. The summed E-state index contributed by atoms with van der Waals surface area (Å²) in [4.78, 5) is 31.0. The first-order chi connectivity index (χ1) is 14.8. The number of hydrogen-bond acceptors (Lipinski definition) is 6. The summed E-state index contributed by atoms with van der Waals surface area (Å²) in [5, 5.41) is 0. The number of hydrogen-bond donors (Lipinski definition) is 0. The number of allylic oxidation sites excluding steroid dienone is 1. The van der Waals surface area contributed by atoms with Gasteiger partial charge in [0.15, 0.2) is 9.47 Å². The van der Waals surface area contributed by atoms with Gasteiger partial charge in [0.25, 0.3) is 5.56 Å². The Morgan fingerprint density at radius 2 is 2.06 bits per heavy atom. The number of furan rings is 1. The van der Waals surface area contributed by atoms with E-state index in [1.807, 2.05) is 0 Å². The van der Waals surface area contributed by atoms with E-state index in [1.165, 1.54) is 28.0 Å². The lowest BCUT2D eigenvalue weighted by Gasteiger charge is -2.24. The van der Waals surface area contributed by atoms with Crippen LogP contribution in [0, 0.1) is 5.82 Å². The number of benzene rings is 1. The van der Waals surface area contributed by atoms with Gasteiger partial charge in [-0.2, -0.15) is 0 Å². The van der Waals surface area contributed by atoms with E-state index >= 15 is 0 Å². The molecule has 1 aromatic carbocycles. The van der Waals surface area contributed by atoms with Crippen LogP contribution in [0.4, 0.5) is 4.39 Å². The fraction of sp³-hybridized carbons (Fsp3) is 0.190. The number of thiazole rings is 1. The minimum absolute atomic E-state index is 0.179. The van der Waals surface area contributed by atoms with Crippen LogP contribution in [0.25, 0.3) is 6.08 Å². The fourth-order valence-electron chi connectivity index (χ4n) is 3.32. The molecule has 10 heteroatoms. The molecule has 0 radical (unpaired) electrons. The lowest BCUT2D eigenvalue weighted by atomic mass is 9.96. The van der Waals surface area contributed by atoms with Gasteiger partial charge in [-0.3, -0.25) is 9.36 Å². The van der Waals surface area contributed by atoms with Crippen molar-refractivity contribution in [3.63, 3.8) is 0 Å². The number of rotatable bonds is 4. The summed E-state index contributed by atoms with van der Waals surface area (Å²) in [6.07, 6.45) is 1.62. The molecule has 6 nitrogen and oxygen atoms in total. The summed E-state index contributed by atoms with van der Waals surface area (Å²) in [7, 11) is 0. The lowest BCUT2D eigenvalue weighted by Crippen LogP contribution is -2.39. The second kappa shape index (κ2) is 8.68. The van der Waals surface area contributed by atoms with Crippen molar-refractivity contribution in [3.05, 3.63) is 87.6 Å². The second-order valence-electron chi connectivity index (χ2n) is 6.62. The maximum Gasteiger partial charge on any atom is 0.338 e. The zero-order valence-corrected chi connectivity index (χ0v) is 20.3. The summed E-state index contributed by atoms with van der Waals surface area (Å²) in [5.41, 5.74) is 0.936. The summed E-state index contributed by atoms with van der Waals surface area (Å²) < 4.78 is 27.4. The highest BCUT2D eigenvalue weighted by Crippen LogP contribution is 2.31. The van der Waals surface area contributed by atoms with E-state index in [4.69, 9.17) is 9.15 Å². The Balaban J connectivity index is 1.96. The Morgan fingerprint density at radius 3 is 2.68 bits per heavy atom. The molecule has 31 heavy (non-hydrogen) atoms. The van der Waals surface area contributed by atoms with Crippen molar-refractivity contribution in [2.75, 3.05) is 6.61 Å². The largest absolute Gasteiger partial charge is 0.463 e. The smallest absolute Gasteiger partial charge is 0.338 e. The van der Waals surface area contributed by atoms with Gasteiger partial charge >= 0.3 is 5.97 Å². The summed E-state index contributed by atoms with van der Waals surface area (Å²) in [5.74, 6) is -0.501. The number of aromatic nitrogens is 1. The average Bonchev–Trinajstić information content (AvgIpc) is 3.20. The fourth-order valence-corrected chi connectivity index (χ4v) is 4.95. The van der Waals surface area contributed by atoms with E-state index in [-0.39, 0.29) is 17.7 Å². The third-order valence-electron chi connectivity index (χ3n) is 4.64. The Kier molecular flexibility index (Phi) is 6.14. The van der Waals surface area contributed by atoms with E-state index in [0.717, 1.165) is 4.47 Å². The van der Waals surface area contributed by atoms with Crippen LogP contribution in [0.1, 0.15) is 31.2 Å². The molecule has 0 spiro atoms. The second-order valence-corrected chi connectivity index (χ2v) is 9.21. The number of halogens is 3. The number of ether oxygens (including phenoxy) is 1. The van der Waals surface area contributed by atoms with Crippen molar-refractivity contribution < 1.29 is 18.3 Å². The van der Waals surface area contributed by atoms with Crippen molar-refractivity contribution >= 4 is 55.2 Å². The molecule has 3 aromatic rings. The number of carbonyl (C=O) groups is 1. The van der Waals surface area contributed by atoms with Gasteiger partial charge in [0.1, 0.15) is 11.6 Å². The molecule has 0 saturated heterocycles. The van der Waals surface area contributed by atoms with Gasteiger partial charge < -0.3 is 9.15 Å². The minimum atomic E-state index is -0.784. The Bertz CT molecular complexity index is 1370. The predicted molar refractivity (Wildman–Crippen MR) is 121 cm³/mol. The maximum atomic E-state index is 13.6. The van der Waals surface area contributed by atoms with Crippen LogP contribution >= 0.6 is 43.2 Å². The number of fused-ring (bicyclic) bond motifs is 1. The zero-order valence-electron chi connectivity index (χ0n) is 16.3. The molecule has 0 aliphatic carbocycles. The molecule has 1 atom stereocenters. The molecule has 2 aromatic heterocycles. The van der Waals surface area contributed by atoms with Crippen molar-refractivity contribution in [2.24, 2.45) is 4.99 Å².